The van der Waals surface area contributed by atoms with Crippen molar-refractivity contribution in [3.8, 4) is 0 Å². The summed E-state index contributed by atoms with van der Waals surface area (Å²) in [5.74, 6) is -8.79. The smallest absolute Gasteiger partial charge is 0.329 e. The fourth-order valence-corrected chi connectivity index (χ4v) is 8.37. The van der Waals surface area contributed by atoms with Gasteiger partial charge in [0.05, 0.1) is 36.7 Å². The predicted molar refractivity (Wildman–Crippen MR) is 252 cm³/mol. The maximum atomic E-state index is 14.4. The first-order valence-electron chi connectivity index (χ1n) is 23.7. The molecule has 8 atom stereocenters. The Kier molecular flexibility index (Phi) is 22.9. The van der Waals surface area contributed by atoms with Crippen LogP contribution in [0.1, 0.15) is 105 Å². The average Bonchev–Trinajstić information content (AvgIpc) is 4.07. The Labute approximate surface area is 406 Å². The van der Waals surface area contributed by atoms with Crippen LogP contribution in [0.5, 0.6) is 0 Å². The fraction of sp³-hybridized carbons (Fsp3) is 0.705. The SMILES string of the molecule is CC(C)C[C@H](NC(=O)[C@@H]1CCCN1C(=O)[C@H](CCCNC(=N)N)NC(=O)[C@H](Cc1c[nH]cn1)NC(=O)CN)C(=O)N[C@@H](CC(=O)O)C(=O)N[C@@H](CCCCN)C(=O)N1CCC(OC(C)(C)C)[C@H]1C(=O)O. The molecule has 2 saturated heterocycles. The number of aliphatic carboxylic acids is 2. The highest BCUT2D eigenvalue weighted by atomic mass is 16.5. The number of carboxylic acids is 2. The second-order valence-electron chi connectivity index (χ2n) is 18.9. The topological polar surface area (TPSA) is 413 Å². The third kappa shape index (κ3) is 18.5. The van der Waals surface area contributed by atoms with E-state index in [1.807, 2.05) is 0 Å². The molecular weight excluding hydrogens is 917 g/mol. The number of carbonyl (C=O) groups excluding carboxylic acids is 7. The third-order valence-corrected chi connectivity index (χ3v) is 11.5. The van der Waals surface area contributed by atoms with Crippen LogP contribution in [-0.4, -0.2) is 176 Å². The first-order valence-corrected chi connectivity index (χ1v) is 23.7. The molecule has 7 amide bonds. The zero-order chi connectivity index (χ0) is 52.3. The summed E-state index contributed by atoms with van der Waals surface area (Å²) < 4.78 is 5.97. The van der Waals surface area contributed by atoms with Gasteiger partial charge < -0.3 is 78.8 Å². The Morgan fingerprint density at radius 1 is 0.829 bits per heavy atom. The van der Waals surface area contributed by atoms with Crippen molar-refractivity contribution in [2.24, 2.45) is 23.1 Å². The number of aromatic amines is 1. The highest BCUT2D eigenvalue weighted by Gasteiger charge is 2.46. The van der Waals surface area contributed by atoms with Gasteiger partial charge in [-0.3, -0.25) is 43.8 Å². The normalized spacial score (nSPS) is 19.0. The molecule has 26 nitrogen and oxygen atoms in total. The van der Waals surface area contributed by atoms with E-state index in [9.17, 15) is 53.4 Å². The summed E-state index contributed by atoms with van der Waals surface area (Å²) in [5, 5.41) is 43.1. The van der Waals surface area contributed by atoms with Crippen LogP contribution >= 0.6 is 0 Å². The molecule has 0 bridgehead atoms. The van der Waals surface area contributed by atoms with E-state index in [0.717, 1.165) is 4.90 Å². The molecule has 0 radical (unpaired) electrons. The summed E-state index contributed by atoms with van der Waals surface area (Å²) in [6, 6.07) is -9.37. The molecule has 0 spiro atoms. The molecule has 3 heterocycles. The van der Waals surface area contributed by atoms with E-state index in [4.69, 9.17) is 27.3 Å². The summed E-state index contributed by atoms with van der Waals surface area (Å²) in [6.07, 6.45) is 2.91. The molecule has 70 heavy (non-hydrogen) atoms. The molecule has 1 unspecified atom stereocenters. The number of amides is 7. The molecule has 0 aliphatic carbocycles. The number of imidazole rings is 1. The highest BCUT2D eigenvalue weighted by Crippen LogP contribution is 2.27. The Balaban J connectivity index is 1.85. The predicted octanol–water partition coefficient (Wildman–Crippen LogP) is -2.89. The molecule has 392 valence electrons. The maximum absolute atomic E-state index is 14.4. The lowest BCUT2D eigenvalue weighted by molar-refractivity contribution is -0.157. The van der Waals surface area contributed by atoms with Gasteiger partial charge in [-0.25, -0.2) is 9.78 Å². The number of carboxylic acid groups (broad SMARTS) is 2. The van der Waals surface area contributed by atoms with E-state index in [1.165, 1.54) is 17.4 Å². The van der Waals surface area contributed by atoms with Crippen molar-refractivity contribution in [2.45, 2.75) is 159 Å². The number of nitrogens with two attached hydrogens (primary N) is 3. The van der Waals surface area contributed by atoms with Crippen LogP contribution in [0.25, 0.3) is 0 Å². The zero-order valence-corrected chi connectivity index (χ0v) is 40.7. The van der Waals surface area contributed by atoms with Gasteiger partial charge in [-0.05, 0) is 91.0 Å². The minimum Gasteiger partial charge on any atom is -0.481 e. The molecule has 1 aromatic rings. The van der Waals surface area contributed by atoms with Crippen LogP contribution in [-0.2, 0) is 54.3 Å². The van der Waals surface area contributed by atoms with Crippen molar-refractivity contribution in [3.63, 3.8) is 0 Å². The molecule has 3 rings (SSSR count). The fourth-order valence-electron chi connectivity index (χ4n) is 8.37. The van der Waals surface area contributed by atoms with Crippen molar-refractivity contribution in [3.05, 3.63) is 18.2 Å². The number of likely N-dealkylation sites (tertiary alicyclic amines) is 2. The van der Waals surface area contributed by atoms with Crippen molar-refractivity contribution in [1.82, 2.24) is 51.7 Å². The molecule has 16 N–H and O–H groups in total. The average molecular weight is 991 g/mol. The molecular formula is C44H74N14O12. The number of rotatable bonds is 28. The number of aromatic nitrogens is 2. The van der Waals surface area contributed by atoms with Crippen LogP contribution in [0.15, 0.2) is 12.5 Å². The Bertz CT molecular complexity index is 1980. The van der Waals surface area contributed by atoms with Crippen LogP contribution in [0.3, 0.4) is 0 Å². The highest BCUT2D eigenvalue weighted by molar-refractivity contribution is 5.98. The van der Waals surface area contributed by atoms with Crippen molar-refractivity contribution >= 4 is 59.2 Å². The van der Waals surface area contributed by atoms with E-state index in [-0.39, 0.29) is 83.0 Å². The number of H-pyrrole nitrogens is 1. The quantitative estimate of drug-likeness (QED) is 0.0228. The van der Waals surface area contributed by atoms with E-state index < -0.39 is 120 Å². The molecule has 0 aromatic carbocycles. The van der Waals surface area contributed by atoms with Gasteiger partial charge in [-0.1, -0.05) is 13.8 Å². The standard InChI is InChI=1S/C44H74N14O12/c1-24(2)18-28(36(62)55-30(20-34(60)61)38(64)53-26(10-6-7-14-45)41(67)58-17-13-32(35(58)42(68)69)70-44(3,4)5)56-39(65)31-12-9-16-57(31)40(66)27(11-8-15-50-43(47)48)54-37(63)29(52-33(59)21-46)19-25-22-49-23-51-25/h22-24,26-32,35H,6-21,45-46H2,1-5H3,(H,49,51)(H,52,59)(H,53,64)(H,54,63)(H,55,62)(H,56,65)(H,60,61)(H,68,69)(H4,47,48,50)/t26-,27-,28-,29-,30-,31-,32?,35-/m0/s1. The molecule has 26 heteroatoms. The van der Waals surface area contributed by atoms with Gasteiger partial charge in [-0.2, -0.15) is 0 Å². The van der Waals surface area contributed by atoms with E-state index in [1.54, 1.807) is 34.6 Å². The van der Waals surface area contributed by atoms with Gasteiger partial charge >= 0.3 is 11.9 Å². The summed E-state index contributed by atoms with van der Waals surface area (Å²) in [6.45, 7) is 8.88. The van der Waals surface area contributed by atoms with Gasteiger partial charge in [0, 0.05) is 32.3 Å². The van der Waals surface area contributed by atoms with Crippen LogP contribution in [0.2, 0.25) is 0 Å². The molecule has 1 aromatic heterocycles. The van der Waals surface area contributed by atoms with Crippen molar-refractivity contribution in [1.29, 1.82) is 5.41 Å². The molecule has 2 aliphatic rings. The number of ether oxygens (including phenoxy) is 1. The number of hydrogen-bond donors (Lipinski definition) is 13. The monoisotopic (exact) mass is 991 g/mol. The van der Waals surface area contributed by atoms with Gasteiger partial charge in [0.2, 0.25) is 41.4 Å². The Morgan fingerprint density at radius 3 is 2.00 bits per heavy atom. The maximum Gasteiger partial charge on any atom is 0.329 e. The number of nitrogens with one attached hydrogen (secondary N) is 8. The minimum absolute atomic E-state index is 0.00549. The van der Waals surface area contributed by atoms with E-state index in [2.05, 4.69) is 41.9 Å². The van der Waals surface area contributed by atoms with Gasteiger partial charge in [0.15, 0.2) is 12.0 Å². The van der Waals surface area contributed by atoms with E-state index in [0.29, 0.717) is 25.0 Å². The van der Waals surface area contributed by atoms with Gasteiger partial charge in [-0.15, -0.1) is 0 Å². The first kappa shape index (κ1) is 57.9. The van der Waals surface area contributed by atoms with Crippen LogP contribution < -0.4 is 49.1 Å². The third-order valence-electron chi connectivity index (χ3n) is 11.5. The molecule has 0 saturated carbocycles. The summed E-state index contributed by atoms with van der Waals surface area (Å²) in [7, 11) is 0. The summed E-state index contributed by atoms with van der Waals surface area (Å²) >= 11 is 0. The van der Waals surface area contributed by atoms with Gasteiger partial charge in [0.25, 0.3) is 0 Å². The minimum atomic E-state index is -1.76. The largest absolute Gasteiger partial charge is 0.481 e. The van der Waals surface area contributed by atoms with Crippen molar-refractivity contribution in [2.75, 3.05) is 32.7 Å². The van der Waals surface area contributed by atoms with Crippen LogP contribution in [0, 0.1) is 11.3 Å². The van der Waals surface area contributed by atoms with Crippen molar-refractivity contribution < 1.29 is 58.1 Å². The van der Waals surface area contributed by atoms with Crippen LogP contribution in [0.4, 0.5) is 0 Å². The lowest BCUT2D eigenvalue weighted by Gasteiger charge is -2.32. The summed E-state index contributed by atoms with van der Waals surface area (Å²) in [5.41, 5.74) is 16.3. The Hall–Kier alpha value is -6.41. The zero-order valence-electron chi connectivity index (χ0n) is 40.7. The number of guanidine groups is 1. The number of nitrogens with zero attached hydrogens (tertiary/aromatic N) is 3. The number of hydrogen-bond acceptors (Lipinski definition) is 14. The first-order chi connectivity index (χ1) is 33.0. The lowest BCUT2D eigenvalue weighted by atomic mass is 10.0. The lowest BCUT2D eigenvalue weighted by Crippen LogP contribution is -2.60. The van der Waals surface area contributed by atoms with E-state index >= 15 is 0 Å². The Morgan fingerprint density at radius 2 is 1.44 bits per heavy atom. The number of carbonyl (C=O) groups is 9. The number of unbranched alkanes of at least 4 members (excludes halogenated alkanes) is 1. The van der Waals surface area contributed by atoms with Gasteiger partial charge in [0.1, 0.15) is 36.3 Å². The molecule has 2 aliphatic heterocycles. The summed E-state index contributed by atoms with van der Waals surface area (Å²) in [4.78, 5) is 131. The second-order valence-corrected chi connectivity index (χ2v) is 18.9. The second kappa shape index (κ2) is 27.7. The molecule has 2 fully saturated rings.